The van der Waals surface area contributed by atoms with Gasteiger partial charge < -0.3 is 5.73 Å². The van der Waals surface area contributed by atoms with Gasteiger partial charge in [0.15, 0.2) is 0 Å². The molecule has 4 nitrogen and oxygen atoms in total. The van der Waals surface area contributed by atoms with Gasteiger partial charge in [0, 0.05) is 17.6 Å². The van der Waals surface area contributed by atoms with Crippen LogP contribution in [0.5, 0.6) is 0 Å². The Morgan fingerprint density at radius 3 is 2.63 bits per heavy atom. The highest BCUT2D eigenvalue weighted by Gasteiger charge is 2.32. The lowest BCUT2D eigenvalue weighted by Crippen LogP contribution is -2.30. The first kappa shape index (κ1) is 15.0. The fourth-order valence-electron chi connectivity index (χ4n) is 2.38. The molecule has 0 bridgehead atoms. The molecule has 1 unspecified atom stereocenters. The summed E-state index contributed by atoms with van der Waals surface area (Å²) in [5, 5.41) is 0. The largest absolute Gasteiger partial charge is 0.330 e. The summed E-state index contributed by atoms with van der Waals surface area (Å²) in [6.07, 6.45) is 0.851. The molecular formula is C13H19BrN2O2S. The van der Waals surface area contributed by atoms with Crippen LogP contribution >= 0.6 is 15.9 Å². The summed E-state index contributed by atoms with van der Waals surface area (Å²) in [6.45, 7) is 5.37. The van der Waals surface area contributed by atoms with Crippen LogP contribution in [0.1, 0.15) is 17.5 Å². The number of halogens is 1. The van der Waals surface area contributed by atoms with Crippen molar-refractivity contribution >= 4 is 26.0 Å². The van der Waals surface area contributed by atoms with Gasteiger partial charge in [-0.3, -0.25) is 0 Å². The predicted octanol–water partition coefficient (Wildman–Crippen LogP) is 2.04. The quantitative estimate of drug-likeness (QED) is 0.910. The van der Waals surface area contributed by atoms with Gasteiger partial charge in [0.1, 0.15) is 0 Å². The average Bonchev–Trinajstić information content (AvgIpc) is 2.83. The molecule has 1 heterocycles. The number of benzene rings is 1. The first-order valence-corrected chi connectivity index (χ1v) is 8.56. The van der Waals surface area contributed by atoms with E-state index in [1.165, 1.54) is 0 Å². The third-order valence-corrected chi connectivity index (χ3v) is 6.52. The van der Waals surface area contributed by atoms with Crippen LogP contribution in [0.2, 0.25) is 0 Å². The van der Waals surface area contributed by atoms with Crippen LogP contribution in [0.3, 0.4) is 0 Å². The maximum absolute atomic E-state index is 12.7. The van der Waals surface area contributed by atoms with Gasteiger partial charge in [0.2, 0.25) is 10.0 Å². The SMILES string of the molecule is Cc1cc(S(=O)(=O)N2CCC(CN)C2)c(C)cc1Br. The van der Waals surface area contributed by atoms with Crippen molar-refractivity contribution in [3.8, 4) is 0 Å². The molecule has 0 radical (unpaired) electrons. The van der Waals surface area contributed by atoms with Crippen molar-refractivity contribution in [3.63, 3.8) is 0 Å². The molecule has 19 heavy (non-hydrogen) atoms. The van der Waals surface area contributed by atoms with E-state index in [1.54, 1.807) is 10.4 Å². The molecule has 0 aliphatic carbocycles. The molecule has 1 fully saturated rings. The second-order valence-corrected chi connectivity index (χ2v) is 7.88. The summed E-state index contributed by atoms with van der Waals surface area (Å²) in [5.74, 6) is 0.284. The highest BCUT2D eigenvalue weighted by atomic mass is 79.9. The summed E-state index contributed by atoms with van der Waals surface area (Å²) >= 11 is 3.43. The fourth-order valence-corrected chi connectivity index (χ4v) is 4.66. The summed E-state index contributed by atoms with van der Waals surface area (Å²) < 4.78 is 27.8. The van der Waals surface area contributed by atoms with E-state index in [4.69, 9.17) is 5.73 Å². The second kappa shape index (κ2) is 5.52. The molecule has 0 amide bonds. The van der Waals surface area contributed by atoms with Gasteiger partial charge in [-0.05, 0) is 56.0 Å². The summed E-state index contributed by atoms with van der Waals surface area (Å²) in [6, 6.07) is 3.60. The Morgan fingerprint density at radius 2 is 2.05 bits per heavy atom. The lowest BCUT2D eigenvalue weighted by Gasteiger charge is -2.18. The number of rotatable bonds is 3. The van der Waals surface area contributed by atoms with Crippen molar-refractivity contribution < 1.29 is 8.42 Å². The molecular weight excluding hydrogens is 328 g/mol. The smallest absolute Gasteiger partial charge is 0.243 e. The third-order valence-electron chi connectivity index (χ3n) is 3.66. The van der Waals surface area contributed by atoms with Crippen molar-refractivity contribution in [2.45, 2.75) is 25.2 Å². The molecule has 1 aliphatic rings. The molecule has 1 saturated heterocycles. The molecule has 1 atom stereocenters. The normalized spacial score (nSPS) is 20.9. The zero-order valence-corrected chi connectivity index (χ0v) is 13.6. The fraction of sp³-hybridized carbons (Fsp3) is 0.538. The Balaban J connectivity index is 2.38. The summed E-state index contributed by atoms with van der Waals surface area (Å²) in [4.78, 5) is 0.408. The zero-order chi connectivity index (χ0) is 14.2. The van der Waals surface area contributed by atoms with Gasteiger partial charge in [-0.25, -0.2) is 8.42 Å². The Morgan fingerprint density at radius 1 is 1.37 bits per heavy atom. The maximum Gasteiger partial charge on any atom is 0.243 e. The maximum atomic E-state index is 12.7. The molecule has 0 saturated carbocycles. The van der Waals surface area contributed by atoms with Crippen molar-refractivity contribution in [3.05, 3.63) is 27.7 Å². The number of sulfonamides is 1. The highest BCUT2D eigenvalue weighted by molar-refractivity contribution is 9.10. The molecule has 6 heteroatoms. The van der Waals surface area contributed by atoms with Crippen LogP contribution in [0, 0.1) is 19.8 Å². The van der Waals surface area contributed by atoms with Crippen molar-refractivity contribution in [1.82, 2.24) is 4.31 Å². The molecule has 2 rings (SSSR count). The van der Waals surface area contributed by atoms with Gasteiger partial charge in [-0.15, -0.1) is 0 Å². The Hall–Kier alpha value is -0.430. The van der Waals surface area contributed by atoms with E-state index < -0.39 is 10.0 Å². The van der Waals surface area contributed by atoms with Gasteiger partial charge in [0.25, 0.3) is 0 Å². The lowest BCUT2D eigenvalue weighted by molar-refractivity contribution is 0.458. The van der Waals surface area contributed by atoms with Gasteiger partial charge in [-0.2, -0.15) is 4.31 Å². The van der Waals surface area contributed by atoms with Crippen LogP contribution in [0.4, 0.5) is 0 Å². The van der Waals surface area contributed by atoms with Crippen LogP contribution in [-0.4, -0.2) is 32.4 Å². The lowest BCUT2D eigenvalue weighted by atomic mass is 10.1. The average molecular weight is 347 g/mol. The molecule has 1 aliphatic heterocycles. The van der Waals surface area contributed by atoms with E-state index in [0.29, 0.717) is 24.5 Å². The first-order valence-electron chi connectivity index (χ1n) is 6.33. The Bertz CT molecular complexity index is 587. The van der Waals surface area contributed by atoms with Crippen LogP contribution < -0.4 is 5.73 Å². The Labute approximate surface area is 123 Å². The van der Waals surface area contributed by atoms with E-state index in [9.17, 15) is 8.42 Å². The molecule has 1 aromatic rings. The van der Waals surface area contributed by atoms with Gasteiger partial charge >= 0.3 is 0 Å². The van der Waals surface area contributed by atoms with Crippen LogP contribution in [-0.2, 0) is 10.0 Å². The summed E-state index contributed by atoms with van der Waals surface area (Å²) in [7, 11) is -3.39. The molecule has 0 spiro atoms. The molecule has 106 valence electrons. The molecule has 2 N–H and O–H groups in total. The van der Waals surface area contributed by atoms with Gasteiger partial charge in [-0.1, -0.05) is 15.9 Å². The van der Waals surface area contributed by atoms with Crippen molar-refractivity contribution in [2.24, 2.45) is 11.7 Å². The second-order valence-electron chi connectivity index (χ2n) is 5.12. The number of hydrogen-bond donors (Lipinski definition) is 1. The van der Waals surface area contributed by atoms with Crippen molar-refractivity contribution in [1.29, 1.82) is 0 Å². The van der Waals surface area contributed by atoms with Gasteiger partial charge in [0.05, 0.1) is 4.90 Å². The van der Waals surface area contributed by atoms with Crippen molar-refractivity contribution in [2.75, 3.05) is 19.6 Å². The molecule has 1 aromatic carbocycles. The Kier molecular flexibility index (Phi) is 4.35. The zero-order valence-electron chi connectivity index (χ0n) is 11.2. The summed E-state index contributed by atoms with van der Waals surface area (Å²) in [5.41, 5.74) is 7.33. The standard InChI is InChI=1S/C13H19BrN2O2S/c1-9-6-13(10(2)5-12(9)14)19(17,18)16-4-3-11(7-15)8-16/h5-6,11H,3-4,7-8,15H2,1-2H3. The number of hydrogen-bond acceptors (Lipinski definition) is 3. The first-order chi connectivity index (χ1) is 8.86. The minimum absolute atomic E-state index is 0.284. The topological polar surface area (TPSA) is 63.4 Å². The monoisotopic (exact) mass is 346 g/mol. The molecule has 0 aromatic heterocycles. The predicted molar refractivity (Wildman–Crippen MR) is 79.5 cm³/mol. The van der Waals surface area contributed by atoms with E-state index in [1.807, 2.05) is 19.9 Å². The number of nitrogens with two attached hydrogens (primary N) is 1. The van der Waals surface area contributed by atoms with E-state index in [-0.39, 0.29) is 5.92 Å². The number of nitrogens with zero attached hydrogens (tertiary/aromatic N) is 1. The van der Waals surface area contributed by atoms with Crippen LogP contribution in [0.25, 0.3) is 0 Å². The van der Waals surface area contributed by atoms with E-state index >= 15 is 0 Å². The minimum atomic E-state index is -3.39. The minimum Gasteiger partial charge on any atom is -0.330 e. The third kappa shape index (κ3) is 2.86. The number of aryl methyl sites for hydroxylation is 2. The van der Waals surface area contributed by atoms with Crippen LogP contribution in [0.15, 0.2) is 21.5 Å². The highest BCUT2D eigenvalue weighted by Crippen LogP contribution is 2.29. The van der Waals surface area contributed by atoms with E-state index in [0.717, 1.165) is 22.0 Å². The van der Waals surface area contributed by atoms with E-state index in [2.05, 4.69) is 15.9 Å².